The van der Waals surface area contributed by atoms with Crippen LogP contribution in [0.4, 0.5) is 5.69 Å². The van der Waals surface area contributed by atoms with Gasteiger partial charge in [0.2, 0.25) is 0 Å². The fraction of sp³-hybridized carbons (Fsp3) is 0.348. The maximum absolute atomic E-state index is 12.8. The largest absolute Gasteiger partial charge is 0.466 e. The van der Waals surface area contributed by atoms with Crippen molar-refractivity contribution in [1.82, 2.24) is 5.32 Å². The van der Waals surface area contributed by atoms with E-state index in [1.165, 1.54) is 21.3 Å². The van der Waals surface area contributed by atoms with Crippen molar-refractivity contribution >= 4 is 23.6 Å². The van der Waals surface area contributed by atoms with Gasteiger partial charge in [0.25, 0.3) is 5.66 Å². The Morgan fingerprint density at radius 1 is 0.938 bits per heavy atom. The topological polar surface area (TPSA) is 103 Å². The Labute approximate surface area is 186 Å². The molecule has 1 heterocycles. The Hall–Kier alpha value is -3.43. The summed E-state index contributed by atoms with van der Waals surface area (Å²) in [7, 11) is 3.69. The van der Waals surface area contributed by atoms with E-state index in [-0.39, 0.29) is 19.2 Å². The van der Waals surface area contributed by atoms with Crippen LogP contribution in [0.5, 0.6) is 0 Å². The number of ether oxygens (including phenoxy) is 4. The van der Waals surface area contributed by atoms with E-state index in [2.05, 4.69) is 5.32 Å². The Morgan fingerprint density at radius 3 is 2.12 bits per heavy atom. The molecule has 0 bridgehead atoms. The van der Waals surface area contributed by atoms with E-state index in [4.69, 9.17) is 18.9 Å². The zero-order valence-electron chi connectivity index (χ0n) is 18.2. The molecule has 2 aromatic rings. The molecule has 0 unspecified atom stereocenters. The number of carbonyl (C=O) groups is 3. The molecule has 1 N–H and O–H groups in total. The number of nitrogens with zero attached hydrogens (tertiary/aromatic N) is 1. The van der Waals surface area contributed by atoms with Gasteiger partial charge in [0.05, 0.1) is 46.1 Å². The van der Waals surface area contributed by atoms with E-state index in [1.807, 2.05) is 30.3 Å². The van der Waals surface area contributed by atoms with Gasteiger partial charge >= 0.3 is 17.9 Å². The molecule has 1 aliphatic heterocycles. The molecular weight excluding hydrogens is 416 g/mol. The third-order valence-electron chi connectivity index (χ3n) is 5.21. The van der Waals surface area contributed by atoms with Gasteiger partial charge in [0.15, 0.2) is 0 Å². The smallest absolute Gasteiger partial charge is 0.359 e. The van der Waals surface area contributed by atoms with Crippen LogP contribution in [0.1, 0.15) is 15.9 Å². The first-order chi connectivity index (χ1) is 15.5. The number of hydrogen-bond donors (Lipinski definition) is 1. The molecule has 1 aliphatic rings. The van der Waals surface area contributed by atoms with Crippen LogP contribution in [0.25, 0.3) is 0 Å². The summed E-state index contributed by atoms with van der Waals surface area (Å²) in [6.45, 7) is 0.883. The first-order valence-corrected chi connectivity index (χ1v) is 9.98. The summed E-state index contributed by atoms with van der Waals surface area (Å²) in [5, 5.41) is 3.05. The van der Waals surface area contributed by atoms with Crippen LogP contribution in [-0.2, 0) is 35.1 Å². The lowest BCUT2D eigenvalue weighted by atomic mass is 10.1. The highest BCUT2D eigenvalue weighted by Gasteiger charge is 2.59. The average molecular weight is 442 g/mol. The van der Waals surface area contributed by atoms with Crippen LogP contribution in [0.15, 0.2) is 54.6 Å². The molecule has 0 spiro atoms. The van der Waals surface area contributed by atoms with Gasteiger partial charge < -0.3 is 23.8 Å². The minimum atomic E-state index is -1.89. The fourth-order valence-electron chi connectivity index (χ4n) is 3.68. The third-order valence-corrected chi connectivity index (χ3v) is 5.21. The van der Waals surface area contributed by atoms with Crippen molar-refractivity contribution in [2.45, 2.75) is 18.3 Å². The molecule has 9 nitrogen and oxygen atoms in total. The Bertz CT molecular complexity index is 931. The van der Waals surface area contributed by atoms with Crippen molar-refractivity contribution in [2.24, 2.45) is 0 Å². The minimum Gasteiger partial charge on any atom is -0.466 e. The number of rotatable bonds is 8. The van der Waals surface area contributed by atoms with Crippen LogP contribution in [0, 0.1) is 0 Å². The SMILES string of the molecule is COC(=O)c1ccc(N2C[C@@H](COCc3ccccc3)NC2(C(=O)OC)C(=O)OC)cc1. The lowest BCUT2D eigenvalue weighted by Crippen LogP contribution is -2.65. The number of nitrogens with one attached hydrogen (secondary N) is 1. The van der Waals surface area contributed by atoms with Gasteiger partial charge in [0.1, 0.15) is 0 Å². The third kappa shape index (κ3) is 4.58. The Balaban J connectivity index is 1.86. The zero-order valence-corrected chi connectivity index (χ0v) is 18.2. The van der Waals surface area contributed by atoms with Crippen molar-refractivity contribution in [3.05, 3.63) is 65.7 Å². The first-order valence-electron chi connectivity index (χ1n) is 9.98. The number of hydrogen-bond acceptors (Lipinski definition) is 9. The number of benzene rings is 2. The summed E-state index contributed by atoms with van der Waals surface area (Å²) >= 11 is 0. The summed E-state index contributed by atoms with van der Waals surface area (Å²) in [6.07, 6.45) is 0. The molecule has 2 aromatic carbocycles. The van der Waals surface area contributed by atoms with Crippen molar-refractivity contribution in [3.63, 3.8) is 0 Å². The quantitative estimate of drug-likeness (QED) is 0.370. The van der Waals surface area contributed by atoms with Gasteiger partial charge in [-0.15, -0.1) is 0 Å². The summed E-state index contributed by atoms with van der Waals surface area (Å²) in [6, 6.07) is 15.7. The van der Waals surface area contributed by atoms with Crippen molar-refractivity contribution in [3.8, 4) is 0 Å². The second-order valence-electron chi connectivity index (χ2n) is 7.18. The van der Waals surface area contributed by atoms with Gasteiger partial charge in [-0.2, -0.15) is 0 Å². The monoisotopic (exact) mass is 442 g/mol. The van der Waals surface area contributed by atoms with Crippen LogP contribution in [-0.4, -0.2) is 64.1 Å². The van der Waals surface area contributed by atoms with Crippen LogP contribution in [0.3, 0.4) is 0 Å². The molecule has 0 radical (unpaired) electrons. The van der Waals surface area contributed by atoms with E-state index in [0.29, 0.717) is 17.9 Å². The second-order valence-corrected chi connectivity index (χ2v) is 7.18. The van der Waals surface area contributed by atoms with Crippen molar-refractivity contribution in [2.75, 3.05) is 39.4 Å². The van der Waals surface area contributed by atoms with Gasteiger partial charge in [-0.3, -0.25) is 5.32 Å². The fourth-order valence-corrected chi connectivity index (χ4v) is 3.68. The van der Waals surface area contributed by atoms with E-state index in [1.54, 1.807) is 29.2 Å². The molecule has 170 valence electrons. The number of anilines is 1. The summed E-state index contributed by atoms with van der Waals surface area (Å²) in [5.74, 6) is -2.12. The number of carbonyl (C=O) groups excluding carboxylic acids is 3. The highest BCUT2D eigenvalue weighted by molar-refractivity contribution is 6.08. The van der Waals surface area contributed by atoms with Crippen LogP contribution >= 0.6 is 0 Å². The molecule has 9 heteroatoms. The molecular formula is C23H26N2O7. The molecule has 1 atom stereocenters. The predicted molar refractivity (Wildman–Crippen MR) is 115 cm³/mol. The first kappa shape index (κ1) is 23.2. The van der Waals surface area contributed by atoms with Gasteiger partial charge in [-0.05, 0) is 29.8 Å². The lowest BCUT2D eigenvalue weighted by Gasteiger charge is -2.34. The molecule has 1 saturated heterocycles. The van der Waals surface area contributed by atoms with Crippen LogP contribution in [0.2, 0.25) is 0 Å². The maximum atomic E-state index is 12.8. The highest BCUT2D eigenvalue weighted by atomic mass is 16.6. The molecule has 3 rings (SSSR count). The van der Waals surface area contributed by atoms with Crippen molar-refractivity contribution < 1.29 is 33.3 Å². The molecule has 0 aliphatic carbocycles. The van der Waals surface area contributed by atoms with E-state index in [0.717, 1.165) is 5.56 Å². The Kier molecular flexibility index (Phi) is 7.45. The van der Waals surface area contributed by atoms with E-state index >= 15 is 0 Å². The van der Waals surface area contributed by atoms with E-state index in [9.17, 15) is 14.4 Å². The average Bonchev–Trinajstić information content (AvgIpc) is 3.23. The number of esters is 3. The molecule has 1 fully saturated rings. The highest BCUT2D eigenvalue weighted by Crippen LogP contribution is 2.31. The van der Waals surface area contributed by atoms with Crippen molar-refractivity contribution in [1.29, 1.82) is 0 Å². The maximum Gasteiger partial charge on any atom is 0.359 e. The number of methoxy groups -OCH3 is 3. The van der Waals surface area contributed by atoms with Gasteiger partial charge in [0, 0.05) is 12.2 Å². The molecule has 0 aromatic heterocycles. The minimum absolute atomic E-state index is 0.237. The Morgan fingerprint density at radius 2 is 1.56 bits per heavy atom. The van der Waals surface area contributed by atoms with Crippen LogP contribution < -0.4 is 10.2 Å². The molecule has 32 heavy (non-hydrogen) atoms. The summed E-state index contributed by atoms with van der Waals surface area (Å²) in [5.41, 5.74) is -0.0239. The standard InChI is InChI=1S/C23H26N2O7/c1-29-20(26)17-9-11-19(12-10-17)25-13-18(15-32-14-16-7-5-4-6-8-16)24-23(25,21(27)30-2)22(28)31-3/h4-12,18,24H,13-15H2,1-3H3/t18-/m0/s1. The van der Waals surface area contributed by atoms with Gasteiger partial charge in [-0.25, -0.2) is 14.4 Å². The summed E-state index contributed by atoms with van der Waals surface area (Å²) < 4.78 is 20.5. The molecule has 0 saturated carbocycles. The predicted octanol–water partition coefficient (Wildman–Crippen LogP) is 1.51. The second kappa shape index (κ2) is 10.3. The van der Waals surface area contributed by atoms with E-state index < -0.39 is 23.6 Å². The normalized spacial score (nSPS) is 17.0. The molecule has 0 amide bonds. The van der Waals surface area contributed by atoms with Gasteiger partial charge in [-0.1, -0.05) is 30.3 Å². The zero-order chi connectivity index (χ0) is 23.1. The summed E-state index contributed by atoms with van der Waals surface area (Å²) in [4.78, 5) is 39.0. The lowest BCUT2D eigenvalue weighted by molar-refractivity contribution is -0.162.